The molecule has 9 heteroatoms. The number of halogens is 1. The predicted molar refractivity (Wildman–Crippen MR) is 115 cm³/mol. The molecule has 0 aliphatic carbocycles. The van der Waals surface area contributed by atoms with Crippen molar-refractivity contribution < 1.29 is 23.2 Å². The maximum atomic E-state index is 13.8. The van der Waals surface area contributed by atoms with E-state index in [-0.39, 0.29) is 24.3 Å². The molecule has 3 aromatic rings. The van der Waals surface area contributed by atoms with Crippen molar-refractivity contribution in [2.45, 2.75) is 32.3 Å². The second kappa shape index (κ2) is 9.67. The zero-order valence-electron chi connectivity index (χ0n) is 18.0. The van der Waals surface area contributed by atoms with Crippen molar-refractivity contribution in [3.8, 4) is 11.5 Å². The summed E-state index contributed by atoms with van der Waals surface area (Å²) in [6, 6.07) is 11.8. The monoisotopic (exact) mass is 440 g/mol. The third kappa shape index (κ3) is 5.16. The Kier molecular flexibility index (Phi) is 6.53. The van der Waals surface area contributed by atoms with Crippen LogP contribution < -0.4 is 14.8 Å². The number of hydrogen-bond acceptors (Lipinski definition) is 6. The van der Waals surface area contributed by atoms with Gasteiger partial charge < -0.3 is 24.2 Å². The molecule has 2 amide bonds. The molecular weight excluding hydrogens is 415 g/mol. The van der Waals surface area contributed by atoms with Gasteiger partial charge in [-0.05, 0) is 44.0 Å². The highest BCUT2D eigenvalue weighted by atomic mass is 19.1. The van der Waals surface area contributed by atoms with Gasteiger partial charge in [0.25, 0.3) is 5.89 Å². The number of urea groups is 1. The Labute approximate surface area is 185 Å². The van der Waals surface area contributed by atoms with E-state index >= 15 is 0 Å². The molecular formula is C23H25FN4O4. The summed E-state index contributed by atoms with van der Waals surface area (Å²) in [5, 5.41) is 6.81. The van der Waals surface area contributed by atoms with E-state index in [0.717, 1.165) is 11.3 Å². The van der Waals surface area contributed by atoms with Crippen molar-refractivity contribution >= 4 is 11.7 Å². The molecule has 0 unspecified atom stereocenters. The van der Waals surface area contributed by atoms with Gasteiger partial charge in [-0.25, -0.2) is 9.18 Å². The van der Waals surface area contributed by atoms with Crippen LogP contribution in [0.25, 0.3) is 0 Å². The lowest BCUT2D eigenvalue weighted by Crippen LogP contribution is -2.40. The van der Waals surface area contributed by atoms with Crippen LogP contribution in [0.3, 0.4) is 0 Å². The highest BCUT2D eigenvalue weighted by molar-refractivity contribution is 5.89. The number of nitrogens with zero attached hydrogens (tertiary/aromatic N) is 3. The molecule has 2 heterocycles. The number of hydrogen-bond donors (Lipinski definition) is 1. The fraction of sp³-hybridized carbons (Fsp3) is 0.348. The molecule has 1 aliphatic rings. The van der Waals surface area contributed by atoms with E-state index in [1.54, 1.807) is 11.0 Å². The van der Waals surface area contributed by atoms with Gasteiger partial charge in [-0.15, -0.1) is 0 Å². The van der Waals surface area contributed by atoms with Crippen LogP contribution in [0, 0.1) is 12.7 Å². The predicted octanol–water partition coefficient (Wildman–Crippen LogP) is 4.52. The first-order valence-corrected chi connectivity index (χ1v) is 10.4. The van der Waals surface area contributed by atoms with Gasteiger partial charge in [0.15, 0.2) is 24.0 Å². The molecule has 1 aliphatic heterocycles. The van der Waals surface area contributed by atoms with E-state index < -0.39 is 5.82 Å². The molecule has 0 saturated carbocycles. The van der Waals surface area contributed by atoms with Crippen molar-refractivity contribution in [2.24, 2.45) is 0 Å². The third-order valence-corrected chi connectivity index (χ3v) is 5.42. The number of aryl methyl sites for hydroxylation is 1. The number of likely N-dealkylation sites (tertiary alicyclic amines) is 1. The number of methoxy groups -OCH3 is 1. The third-order valence-electron chi connectivity index (χ3n) is 5.42. The largest absolute Gasteiger partial charge is 0.494 e. The van der Waals surface area contributed by atoms with Crippen molar-refractivity contribution in [3.05, 3.63) is 65.6 Å². The van der Waals surface area contributed by atoms with E-state index in [0.29, 0.717) is 43.3 Å². The second-order valence-electron chi connectivity index (χ2n) is 7.69. The van der Waals surface area contributed by atoms with Crippen molar-refractivity contribution in [1.29, 1.82) is 0 Å². The standard InChI is InChI=1S/C23H25FN4O4/c1-15-3-6-18(7-4-15)31-14-21-26-22(27-32-21)16-9-11-28(12-10-16)23(29)25-17-5-8-20(30-2)19(24)13-17/h3-8,13,16H,9-12,14H2,1-2H3,(H,25,29). The molecule has 0 bridgehead atoms. The van der Waals surface area contributed by atoms with Crippen LogP contribution in [0.2, 0.25) is 0 Å². The molecule has 1 N–H and O–H groups in total. The fourth-order valence-corrected chi connectivity index (χ4v) is 3.56. The Morgan fingerprint density at radius 1 is 1.22 bits per heavy atom. The Morgan fingerprint density at radius 2 is 1.97 bits per heavy atom. The number of benzene rings is 2. The van der Waals surface area contributed by atoms with Crippen molar-refractivity contribution in [3.63, 3.8) is 0 Å². The van der Waals surface area contributed by atoms with Crippen LogP contribution in [-0.2, 0) is 6.61 Å². The minimum Gasteiger partial charge on any atom is -0.494 e. The first kappa shape index (κ1) is 21.6. The van der Waals surface area contributed by atoms with Gasteiger partial charge in [0.1, 0.15) is 5.75 Å². The first-order valence-electron chi connectivity index (χ1n) is 10.4. The van der Waals surface area contributed by atoms with Gasteiger partial charge in [-0.1, -0.05) is 22.9 Å². The number of carbonyl (C=O) groups is 1. The summed E-state index contributed by atoms with van der Waals surface area (Å²) in [5.41, 5.74) is 1.54. The van der Waals surface area contributed by atoms with Crippen LogP contribution in [0.15, 0.2) is 47.0 Å². The molecule has 1 aromatic heterocycles. The Bertz CT molecular complexity index is 1060. The van der Waals surface area contributed by atoms with Crippen LogP contribution in [0.5, 0.6) is 11.5 Å². The fourth-order valence-electron chi connectivity index (χ4n) is 3.56. The Balaban J connectivity index is 1.26. The topological polar surface area (TPSA) is 89.7 Å². The lowest BCUT2D eigenvalue weighted by Gasteiger charge is -2.30. The average molecular weight is 440 g/mol. The van der Waals surface area contributed by atoms with Crippen molar-refractivity contribution in [1.82, 2.24) is 15.0 Å². The normalized spacial score (nSPS) is 14.3. The summed E-state index contributed by atoms with van der Waals surface area (Å²) in [7, 11) is 1.39. The van der Waals surface area contributed by atoms with Gasteiger partial charge in [-0.2, -0.15) is 4.98 Å². The molecule has 1 fully saturated rings. The minimum absolute atomic E-state index is 0.106. The summed E-state index contributed by atoms with van der Waals surface area (Å²) in [6.07, 6.45) is 1.42. The van der Waals surface area contributed by atoms with E-state index in [1.807, 2.05) is 31.2 Å². The van der Waals surface area contributed by atoms with E-state index in [9.17, 15) is 9.18 Å². The quantitative estimate of drug-likeness (QED) is 0.606. The van der Waals surface area contributed by atoms with Crippen LogP contribution in [0.1, 0.15) is 36.0 Å². The van der Waals surface area contributed by atoms with Gasteiger partial charge in [0.2, 0.25) is 0 Å². The highest BCUT2D eigenvalue weighted by Gasteiger charge is 2.27. The molecule has 8 nitrogen and oxygen atoms in total. The summed E-state index contributed by atoms with van der Waals surface area (Å²) in [6.45, 7) is 3.30. The number of anilines is 1. The number of aromatic nitrogens is 2. The molecule has 168 valence electrons. The molecule has 2 aromatic carbocycles. The van der Waals surface area contributed by atoms with Gasteiger partial charge in [0, 0.05) is 30.8 Å². The van der Waals surface area contributed by atoms with Gasteiger partial charge >= 0.3 is 6.03 Å². The minimum atomic E-state index is -0.525. The van der Waals surface area contributed by atoms with Crippen LogP contribution in [0.4, 0.5) is 14.9 Å². The summed E-state index contributed by atoms with van der Waals surface area (Å²) in [5.74, 6) is 1.50. The van der Waals surface area contributed by atoms with E-state index in [4.69, 9.17) is 14.0 Å². The van der Waals surface area contributed by atoms with Gasteiger partial charge in [-0.3, -0.25) is 0 Å². The maximum Gasteiger partial charge on any atom is 0.321 e. The van der Waals surface area contributed by atoms with Crippen LogP contribution in [-0.4, -0.2) is 41.3 Å². The number of nitrogens with one attached hydrogen (secondary N) is 1. The summed E-state index contributed by atoms with van der Waals surface area (Å²) >= 11 is 0. The molecule has 0 atom stereocenters. The van der Waals surface area contributed by atoms with Crippen molar-refractivity contribution in [2.75, 3.05) is 25.5 Å². The molecule has 0 radical (unpaired) electrons. The highest BCUT2D eigenvalue weighted by Crippen LogP contribution is 2.27. The maximum absolute atomic E-state index is 13.8. The molecule has 1 saturated heterocycles. The zero-order chi connectivity index (χ0) is 22.5. The summed E-state index contributed by atoms with van der Waals surface area (Å²) < 4.78 is 29.7. The summed E-state index contributed by atoms with van der Waals surface area (Å²) in [4.78, 5) is 18.7. The van der Waals surface area contributed by atoms with E-state index in [2.05, 4.69) is 15.5 Å². The number of carbonyl (C=O) groups excluding carboxylic acids is 1. The van der Waals surface area contributed by atoms with Crippen LogP contribution >= 0.6 is 0 Å². The number of rotatable bonds is 6. The Hall–Kier alpha value is -3.62. The SMILES string of the molecule is COc1ccc(NC(=O)N2CCC(c3noc(COc4ccc(C)cc4)n3)CC2)cc1F. The molecule has 0 spiro atoms. The number of piperidine rings is 1. The smallest absolute Gasteiger partial charge is 0.321 e. The Morgan fingerprint density at radius 3 is 2.66 bits per heavy atom. The van der Waals surface area contributed by atoms with Gasteiger partial charge in [0.05, 0.1) is 7.11 Å². The molecule has 32 heavy (non-hydrogen) atoms. The number of amides is 2. The second-order valence-corrected chi connectivity index (χ2v) is 7.69. The van der Waals surface area contributed by atoms with E-state index in [1.165, 1.54) is 19.2 Å². The molecule has 4 rings (SSSR count). The number of ether oxygens (including phenoxy) is 2. The zero-order valence-corrected chi connectivity index (χ0v) is 18.0. The first-order chi connectivity index (χ1) is 15.5. The average Bonchev–Trinajstić information content (AvgIpc) is 3.28. The lowest BCUT2D eigenvalue weighted by molar-refractivity contribution is 0.193. The lowest BCUT2D eigenvalue weighted by atomic mass is 9.96.